The Labute approximate surface area is 110 Å². The van der Waals surface area contributed by atoms with Crippen LogP contribution in [0.15, 0.2) is 18.2 Å². The molecule has 1 aromatic carbocycles. The fourth-order valence-corrected chi connectivity index (χ4v) is 2.33. The molecule has 5 nitrogen and oxygen atoms in total. The number of amides is 1. The quantitative estimate of drug-likeness (QED) is 0.567. The summed E-state index contributed by atoms with van der Waals surface area (Å²) >= 11 is 5.90. The summed E-state index contributed by atoms with van der Waals surface area (Å²) in [5.41, 5.74) is 3.51. The number of nitrogens with two attached hydrogens (primary N) is 1. The SMILES string of the molecule is NNc1ccc(Cl)cc1C(=O)N1CCC(CO)C1. The van der Waals surface area contributed by atoms with Gasteiger partial charge in [-0.05, 0) is 24.6 Å². The number of aliphatic hydroxyl groups excluding tert-OH is 1. The van der Waals surface area contributed by atoms with Crippen molar-refractivity contribution < 1.29 is 9.90 Å². The Balaban J connectivity index is 2.21. The monoisotopic (exact) mass is 269 g/mol. The molecule has 2 rings (SSSR count). The fourth-order valence-electron chi connectivity index (χ4n) is 2.16. The molecule has 98 valence electrons. The van der Waals surface area contributed by atoms with Crippen LogP contribution in [0.5, 0.6) is 0 Å². The van der Waals surface area contributed by atoms with Gasteiger partial charge in [0.2, 0.25) is 0 Å². The van der Waals surface area contributed by atoms with Crippen LogP contribution in [-0.2, 0) is 0 Å². The summed E-state index contributed by atoms with van der Waals surface area (Å²) in [6.45, 7) is 1.34. The van der Waals surface area contributed by atoms with Crippen LogP contribution < -0.4 is 11.3 Å². The summed E-state index contributed by atoms with van der Waals surface area (Å²) in [5, 5.41) is 9.59. The van der Waals surface area contributed by atoms with Crippen molar-refractivity contribution >= 4 is 23.2 Å². The first-order valence-electron chi connectivity index (χ1n) is 5.82. The molecule has 0 aromatic heterocycles. The minimum Gasteiger partial charge on any atom is -0.396 e. The highest BCUT2D eigenvalue weighted by molar-refractivity contribution is 6.31. The molecule has 4 N–H and O–H groups in total. The van der Waals surface area contributed by atoms with Crippen LogP contribution >= 0.6 is 11.6 Å². The zero-order valence-electron chi connectivity index (χ0n) is 9.90. The molecule has 1 aliphatic rings. The van der Waals surface area contributed by atoms with Gasteiger partial charge in [0.05, 0.1) is 11.3 Å². The molecule has 1 aromatic rings. The molecule has 1 aliphatic heterocycles. The molecule has 1 unspecified atom stereocenters. The predicted molar refractivity (Wildman–Crippen MR) is 70.4 cm³/mol. The van der Waals surface area contributed by atoms with E-state index in [4.69, 9.17) is 22.6 Å². The second-order valence-electron chi connectivity index (χ2n) is 4.42. The Hall–Kier alpha value is -1.30. The van der Waals surface area contributed by atoms with Gasteiger partial charge in [-0.15, -0.1) is 0 Å². The molecule has 1 saturated heterocycles. The number of benzene rings is 1. The van der Waals surface area contributed by atoms with Gasteiger partial charge in [0.25, 0.3) is 5.91 Å². The largest absolute Gasteiger partial charge is 0.396 e. The van der Waals surface area contributed by atoms with Gasteiger partial charge in [-0.1, -0.05) is 11.6 Å². The van der Waals surface area contributed by atoms with Crippen LogP contribution in [0.3, 0.4) is 0 Å². The minimum absolute atomic E-state index is 0.110. The molecule has 0 saturated carbocycles. The molecule has 1 amide bonds. The number of nitrogens with one attached hydrogen (secondary N) is 1. The van der Waals surface area contributed by atoms with E-state index >= 15 is 0 Å². The lowest BCUT2D eigenvalue weighted by molar-refractivity contribution is 0.0783. The van der Waals surface area contributed by atoms with E-state index in [0.717, 1.165) is 6.42 Å². The van der Waals surface area contributed by atoms with E-state index in [0.29, 0.717) is 29.4 Å². The molecule has 1 atom stereocenters. The Kier molecular flexibility index (Phi) is 4.06. The number of carbonyl (C=O) groups excluding carboxylic acids is 1. The van der Waals surface area contributed by atoms with Crippen LogP contribution in [0.1, 0.15) is 16.8 Å². The molecule has 0 bridgehead atoms. The number of aliphatic hydroxyl groups is 1. The number of hydrogen-bond donors (Lipinski definition) is 3. The molecule has 0 spiro atoms. The lowest BCUT2D eigenvalue weighted by Crippen LogP contribution is -2.30. The average Bonchev–Trinajstić information content (AvgIpc) is 2.86. The van der Waals surface area contributed by atoms with Crippen molar-refractivity contribution in [2.24, 2.45) is 11.8 Å². The van der Waals surface area contributed by atoms with Crippen LogP contribution in [0.25, 0.3) is 0 Å². The predicted octanol–water partition coefficient (Wildman–Crippen LogP) is 1.08. The first-order chi connectivity index (χ1) is 8.65. The van der Waals surface area contributed by atoms with E-state index in [1.165, 1.54) is 0 Å². The Morgan fingerprint density at radius 1 is 1.61 bits per heavy atom. The van der Waals surface area contributed by atoms with E-state index in [1.54, 1.807) is 23.1 Å². The molecular weight excluding hydrogens is 254 g/mol. The van der Waals surface area contributed by atoms with Crippen molar-refractivity contribution in [1.29, 1.82) is 0 Å². The van der Waals surface area contributed by atoms with Crippen molar-refractivity contribution in [3.8, 4) is 0 Å². The third-order valence-corrected chi connectivity index (χ3v) is 3.43. The van der Waals surface area contributed by atoms with Gasteiger partial charge in [-0.25, -0.2) is 0 Å². The van der Waals surface area contributed by atoms with Gasteiger partial charge in [-0.2, -0.15) is 0 Å². The molecule has 0 radical (unpaired) electrons. The number of nitrogens with zero attached hydrogens (tertiary/aromatic N) is 1. The molecule has 18 heavy (non-hydrogen) atoms. The molecule has 1 fully saturated rings. The number of nitrogen functional groups attached to an aromatic ring is 1. The van der Waals surface area contributed by atoms with Gasteiger partial charge < -0.3 is 15.4 Å². The molecule has 6 heteroatoms. The first kappa shape index (κ1) is 13.1. The Morgan fingerprint density at radius 2 is 2.39 bits per heavy atom. The number of halogens is 1. The van der Waals surface area contributed by atoms with Gasteiger partial charge in [0.15, 0.2) is 0 Å². The van der Waals surface area contributed by atoms with E-state index in [-0.39, 0.29) is 18.4 Å². The summed E-state index contributed by atoms with van der Waals surface area (Å²) in [6.07, 6.45) is 0.828. The van der Waals surface area contributed by atoms with Crippen molar-refractivity contribution in [3.63, 3.8) is 0 Å². The highest BCUT2D eigenvalue weighted by Crippen LogP contribution is 2.24. The van der Waals surface area contributed by atoms with E-state index in [2.05, 4.69) is 5.43 Å². The zero-order chi connectivity index (χ0) is 13.1. The van der Waals surface area contributed by atoms with Gasteiger partial charge in [0, 0.05) is 30.6 Å². The van der Waals surface area contributed by atoms with Crippen LogP contribution in [-0.4, -0.2) is 35.6 Å². The number of rotatable bonds is 3. The molecular formula is C12H16ClN3O2. The van der Waals surface area contributed by atoms with Gasteiger partial charge >= 0.3 is 0 Å². The summed E-state index contributed by atoms with van der Waals surface area (Å²) < 4.78 is 0. The Morgan fingerprint density at radius 3 is 3.00 bits per heavy atom. The summed E-state index contributed by atoms with van der Waals surface area (Å²) in [6, 6.07) is 4.95. The normalized spacial score (nSPS) is 19.1. The Bertz CT molecular complexity index is 453. The standard InChI is InChI=1S/C12H16ClN3O2/c13-9-1-2-11(15-14)10(5-9)12(18)16-4-3-8(6-16)7-17/h1-2,5,8,15,17H,3-4,6-7,14H2. The number of likely N-dealkylation sites (tertiary alicyclic amines) is 1. The average molecular weight is 270 g/mol. The number of anilines is 1. The zero-order valence-corrected chi connectivity index (χ0v) is 10.7. The number of hydrazine groups is 1. The lowest BCUT2D eigenvalue weighted by Gasteiger charge is -2.18. The maximum atomic E-state index is 12.3. The molecule has 0 aliphatic carbocycles. The topological polar surface area (TPSA) is 78.6 Å². The van der Waals surface area contributed by atoms with E-state index in [9.17, 15) is 4.79 Å². The maximum Gasteiger partial charge on any atom is 0.256 e. The van der Waals surface area contributed by atoms with Crippen LogP contribution in [0, 0.1) is 5.92 Å². The van der Waals surface area contributed by atoms with Crippen molar-refractivity contribution in [3.05, 3.63) is 28.8 Å². The third kappa shape index (κ3) is 2.58. The second kappa shape index (κ2) is 5.56. The maximum absolute atomic E-state index is 12.3. The van der Waals surface area contributed by atoms with Crippen molar-refractivity contribution in [1.82, 2.24) is 4.90 Å². The van der Waals surface area contributed by atoms with Gasteiger partial charge in [0.1, 0.15) is 0 Å². The number of hydrogen-bond acceptors (Lipinski definition) is 4. The smallest absolute Gasteiger partial charge is 0.256 e. The molecule has 1 heterocycles. The first-order valence-corrected chi connectivity index (χ1v) is 6.19. The summed E-state index contributed by atoms with van der Waals surface area (Å²) in [7, 11) is 0. The van der Waals surface area contributed by atoms with Crippen LogP contribution in [0.2, 0.25) is 5.02 Å². The summed E-state index contributed by atoms with van der Waals surface area (Å²) in [4.78, 5) is 14.0. The lowest BCUT2D eigenvalue weighted by atomic mass is 10.1. The fraction of sp³-hybridized carbons (Fsp3) is 0.417. The van der Waals surface area contributed by atoms with Gasteiger partial charge in [-0.3, -0.25) is 10.6 Å². The van der Waals surface area contributed by atoms with Crippen LogP contribution in [0.4, 0.5) is 5.69 Å². The van der Waals surface area contributed by atoms with E-state index < -0.39 is 0 Å². The summed E-state index contributed by atoms with van der Waals surface area (Å²) in [5.74, 6) is 5.45. The highest BCUT2D eigenvalue weighted by atomic mass is 35.5. The van der Waals surface area contributed by atoms with Crippen molar-refractivity contribution in [2.45, 2.75) is 6.42 Å². The third-order valence-electron chi connectivity index (χ3n) is 3.20. The van der Waals surface area contributed by atoms with E-state index in [1.807, 2.05) is 0 Å². The minimum atomic E-state index is -0.110. The highest BCUT2D eigenvalue weighted by Gasteiger charge is 2.27. The number of carbonyl (C=O) groups is 1. The van der Waals surface area contributed by atoms with Crippen molar-refractivity contribution in [2.75, 3.05) is 25.1 Å². The second-order valence-corrected chi connectivity index (χ2v) is 4.86.